The van der Waals surface area contributed by atoms with E-state index in [2.05, 4.69) is 21.2 Å². The Morgan fingerprint density at radius 3 is 2.70 bits per heavy atom. The minimum atomic E-state index is -0.554. The fraction of sp³-hybridized carbons (Fsp3) is 0.500. The Balaban J connectivity index is 2.68. The van der Waals surface area contributed by atoms with Crippen LogP contribution in [0.1, 0.15) is 26.3 Å². The van der Waals surface area contributed by atoms with Crippen molar-refractivity contribution < 1.29 is 14.6 Å². The van der Waals surface area contributed by atoms with Gasteiger partial charge in [-0.2, -0.15) is 0 Å². The molecule has 0 aromatic heterocycles. The highest BCUT2D eigenvalue weighted by atomic mass is 79.9. The molecule has 1 aromatic rings. The van der Waals surface area contributed by atoms with Crippen LogP contribution in [0.3, 0.4) is 0 Å². The lowest BCUT2D eigenvalue weighted by Crippen LogP contribution is -2.44. The van der Waals surface area contributed by atoms with Crippen molar-refractivity contribution in [3.05, 3.63) is 28.2 Å². The molecule has 1 aromatic carbocycles. The summed E-state index contributed by atoms with van der Waals surface area (Å²) in [5, 5.41) is 12.6. The second-order valence-corrected chi connectivity index (χ2v) is 6.38. The number of benzene rings is 1. The number of hydrogen-bond acceptors (Lipinski definition) is 4. The lowest BCUT2D eigenvalue weighted by atomic mass is 10.1. The summed E-state index contributed by atoms with van der Waals surface area (Å²) in [6.07, 6.45) is -0.0801. The molecular formula is C14H21BrN2O3. The highest BCUT2D eigenvalue weighted by molar-refractivity contribution is 9.10. The summed E-state index contributed by atoms with van der Waals surface area (Å²) in [5.74, 6) is 0.164. The number of nitrogens with one attached hydrogen (secondary N) is 1. The van der Waals surface area contributed by atoms with Crippen LogP contribution in [-0.4, -0.2) is 29.4 Å². The Labute approximate surface area is 127 Å². The molecule has 0 fully saturated rings. The summed E-state index contributed by atoms with van der Waals surface area (Å²) in [7, 11) is 0. The molecule has 0 saturated heterocycles. The number of rotatable bonds is 4. The number of phenols is 1. The van der Waals surface area contributed by atoms with Gasteiger partial charge in [-0.3, -0.25) is 0 Å². The first kappa shape index (κ1) is 16.8. The Morgan fingerprint density at radius 2 is 2.15 bits per heavy atom. The molecule has 0 aliphatic rings. The van der Waals surface area contributed by atoms with Crippen LogP contribution >= 0.6 is 15.9 Å². The van der Waals surface area contributed by atoms with Crippen molar-refractivity contribution in [2.75, 3.05) is 6.54 Å². The molecule has 0 saturated carbocycles. The molecule has 1 atom stereocenters. The maximum absolute atomic E-state index is 11.7. The van der Waals surface area contributed by atoms with Gasteiger partial charge < -0.3 is 20.9 Å². The van der Waals surface area contributed by atoms with Crippen LogP contribution in [0.2, 0.25) is 0 Å². The number of carbonyl (C=O) groups excluding carboxylic acids is 1. The topological polar surface area (TPSA) is 84.6 Å². The molecule has 20 heavy (non-hydrogen) atoms. The largest absolute Gasteiger partial charge is 0.506 e. The second-order valence-electron chi connectivity index (χ2n) is 5.53. The fourth-order valence-corrected chi connectivity index (χ4v) is 2.06. The molecule has 1 amide bonds. The van der Waals surface area contributed by atoms with E-state index in [0.29, 0.717) is 16.5 Å². The number of halogens is 1. The van der Waals surface area contributed by atoms with Crippen molar-refractivity contribution >= 4 is 22.0 Å². The Kier molecular flexibility index (Phi) is 5.83. The lowest BCUT2D eigenvalue weighted by Gasteiger charge is -2.23. The molecular weight excluding hydrogens is 324 g/mol. The van der Waals surface area contributed by atoms with Gasteiger partial charge in [0.05, 0.1) is 4.47 Å². The van der Waals surface area contributed by atoms with E-state index in [1.165, 1.54) is 0 Å². The smallest absolute Gasteiger partial charge is 0.407 e. The summed E-state index contributed by atoms with van der Waals surface area (Å²) in [6, 6.07) is 5.06. The van der Waals surface area contributed by atoms with E-state index in [1.54, 1.807) is 32.9 Å². The molecule has 0 heterocycles. The monoisotopic (exact) mass is 344 g/mol. The van der Waals surface area contributed by atoms with Crippen LogP contribution in [0, 0.1) is 0 Å². The fourth-order valence-electron chi connectivity index (χ4n) is 1.66. The number of aromatic hydroxyl groups is 1. The molecule has 0 aliphatic carbocycles. The number of para-hydroxylation sites is 1. The van der Waals surface area contributed by atoms with Crippen LogP contribution in [0.25, 0.3) is 0 Å². The third-order valence-electron chi connectivity index (χ3n) is 2.54. The van der Waals surface area contributed by atoms with Crippen molar-refractivity contribution in [2.45, 2.75) is 38.8 Å². The minimum Gasteiger partial charge on any atom is -0.506 e. The van der Waals surface area contributed by atoms with Crippen molar-refractivity contribution in [1.82, 2.24) is 5.32 Å². The van der Waals surface area contributed by atoms with Gasteiger partial charge in [-0.05, 0) is 54.8 Å². The van der Waals surface area contributed by atoms with Gasteiger partial charge in [0.2, 0.25) is 0 Å². The maximum Gasteiger partial charge on any atom is 0.407 e. The number of amides is 1. The van der Waals surface area contributed by atoms with E-state index in [4.69, 9.17) is 10.5 Å². The Hall–Kier alpha value is -1.27. The van der Waals surface area contributed by atoms with E-state index in [0.717, 1.165) is 0 Å². The summed E-state index contributed by atoms with van der Waals surface area (Å²) in [5.41, 5.74) is 5.82. The van der Waals surface area contributed by atoms with E-state index in [-0.39, 0.29) is 18.3 Å². The minimum absolute atomic E-state index is 0.164. The van der Waals surface area contributed by atoms with E-state index >= 15 is 0 Å². The maximum atomic E-state index is 11.7. The average molecular weight is 345 g/mol. The summed E-state index contributed by atoms with van der Waals surface area (Å²) in [6.45, 7) is 5.64. The average Bonchev–Trinajstić information content (AvgIpc) is 2.31. The predicted molar refractivity (Wildman–Crippen MR) is 81.7 cm³/mol. The van der Waals surface area contributed by atoms with Crippen molar-refractivity contribution in [1.29, 1.82) is 0 Å². The van der Waals surface area contributed by atoms with Crippen molar-refractivity contribution in [3.63, 3.8) is 0 Å². The van der Waals surface area contributed by atoms with E-state index < -0.39 is 11.7 Å². The van der Waals surface area contributed by atoms with E-state index in [9.17, 15) is 9.90 Å². The predicted octanol–water partition coefficient (Wildman–Crippen LogP) is 2.55. The van der Waals surface area contributed by atoms with Crippen LogP contribution in [-0.2, 0) is 11.2 Å². The van der Waals surface area contributed by atoms with E-state index in [1.807, 2.05) is 6.07 Å². The van der Waals surface area contributed by atoms with Crippen LogP contribution in [0.5, 0.6) is 5.75 Å². The summed E-state index contributed by atoms with van der Waals surface area (Å²) >= 11 is 3.26. The number of nitrogens with two attached hydrogens (primary N) is 1. The molecule has 0 bridgehead atoms. The van der Waals surface area contributed by atoms with Gasteiger partial charge in [0.1, 0.15) is 11.4 Å². The van der Waals surface area contributed by atoms with Gasteiger partial charge >= 0.3 is 6.09 Å². The first-order chi connectivity index (χ1) is 9.23. The third-order valence-corrected chi connectivity index (χ3v) is 3.18. The van der Waals surface area contributed by atoms with Gasteiger partial charge in [0, 0.05) is 12.6 Å². The number of alkyl carbamates (subject to hydrolysis) is 1. The standard InChI is InChI=1S/C14H21BrN2O3/c1-14(2,3)20-13(19)17-10(8-16)7-9-5-4-6-11(15)12(9)18/h4-6,10,18H,7-8,16H2,1-3H3,(H,17,19). The van der Waals surface area contributed by atoms with Crippen molar-refractivity contribution in [3.8, 4) is 5.75 Å². The molecule has 1 rings (SSSR count). The quantitative estimate of drug-likeness (QED) is 0.783. The lowest BCUT2D eigenvalue weighted by molar-refractivity contribution is 0.0505. The summed E-state index contributed by atoms with van der Waals surface area (Å²) < 4.78 is 5.80. The summed E-state index contributed by atoms with van der Waals surface area (Å²) in [4.78, 5) is 11.7. The zero-order valence-electron chi connectivity index (χ0n) is 11.9. The molecule has 5 nitrogen and oxygen atoms in total. The zero-order valence-corrected chi connectivity index (χ0v) is 13.5. The Bertz CT molecular complexity index is 472. The molecule has 4 N–H and O–H groups in total. The molecule has 1 unspecified atom stereocenters. The molecule has 0 radical (unpaired) electrons. The third kappa shape index (κ3) is 5.38. The number of ether oxygens (including phenoxy) is 1. The molecule has 0 aliphatic heterocycles. The number of phenolic OH excluding ortho intramolecular Hbond substituents is 1. The first-order valence-corrected chi connectivity index (χ1v) is 7.18. The first-order valence-electron chi connectivity index (χ1n) is 6.39. The van der Waals surface area contributed by atoms with Crippen LogP contribution in [0.15, 0.2) is 22.7 Å². The van der Waals surface area contributed by atoms with Gasteiger partial charge in [-0.25, -0.2) is 4.79 Å². The second kappa shape index (κ2) is 6.95. The van der Waals surface area contributed by atoms with Gasteiger partial charge in [-0.1, -0.05) is 12.1 Å². The van der Waals surface area contributed by atoms with Crippen LogP contribution < -0.4 is 11.1 Å². The van der Waals surface area contributed by atoms with Gasteiger partial charge in [-0.15, -0.1) is 0 Å². The number of carbonyl (C=O) groups is 1. The van der Waals surface area contributed by atoms with Gasteiger partial charge in [0.25, 0.3) is 0 Å². The molecule has 112 valence electrons. The highest BCUT2D eigenvalue weighted by Crippen LogP contribution is 2.28. The van der Waals surface area contributed by atoms with Crippen LogP contribution in [0.4, 0.5) is 4.79 Å². The zero-order chi connectivity index (χ0) is 15.3. The molecule has 0 spiro atoms. The molecule has 6 heteroatoms. The highest BCUT2D eigenvalue weighted by Gasteiger charge is 2.20. The number of hydrogen-bond donors (Lipinski definition) is 3. The SMILES string of the molecule is CC(C)(C)OC(=O)NC(CN)Cc1cccc(Br)c1O. The normalized spacial score (nSPS) is 12.8. The van der Waals surface area contributed by atoms with Gasteiger partial charge in [0.15, 0.2) is 0 Å². The Morgan fingerprint density at radius 1 is 1.50 bits per heavy atom. The van der Waals surface area contributed by atoms with Crippen molar-refractivity contribution in [2.24, 2.45) is 5.73 Å².